The summed E-state index contributed by atoms with van der Waals surface area (Å²) < 4.78 is 2.10. The number of amides is 1. The van der Waals surface area contributed by atoms with Crippen LogP contribution in [0, 0.1) is 0 Å². The average molecular weight is 342 g/mol. The Hall–Kier alpha value is -3.40. The highest BCUT2D eigenvalue weighted by Crippen LogP contribution is 2.18. The number of anilines is 1. The Balaban J connectivity index is 1.45. The van der Waals surface area contributed by atoms with Gasteiger partial charge in [-0.05, 0) is 29.8 Å². The summed E-state index contributed by atoms with van der Waals surface area (Å²) >= 11 is 0. The Morgan fingerprint density at radius 2 is 1.77 bits per heavy atom. The lowest BCUT2D eigenvalue weighted by molar-refractivity contribution is -0.695. The Bertz CT molecular complexity index is 1040. The largest absolute Gasteiger partial charge is 0.361 e. The van der Waals surface area contributed by atoms with Crippen LogP contribution in [0.25, 0.3) is 10.9 Å². The van der Waals surface area contributed by atoms with Gasteiger partial charge in [-0.1, -0.05) is 36.4 Å². The first-order valence-corrected chi connectivity index (χ1v) is 8.70. The molecule has 2 N–H and O–H groups in total. The zero-order chi connectivity index (χ0) is 17.8. The second kappa shape index (κ2) is 7.23. The van der Waals surface area contributed by atoms with Crippen molar-refractivity contribution >= 4 is 22.5 Å². The first kappa shape index (κ1) is 16.1. The van der Waals surface area contributed by atoms with Gasteiger partial charge in [0.2, 0.25) is 0 Å². The fraction of sp³-hybridized carbons (Fsp3) is 0.0909. The summed E-state index contributed by atoms with van der Waals surface area (Å²) in [5.41, 5.74) is 3.91. The Labute approximate surface area is 152 Å². The lowest BCUT2D eigenvalue weighted by Crippen LogP contribution is -2.34. The fourth-order valence-corrected chi connectivity index (χ4v) is 3.12. The van der Waals surface area contributed by atoms with Gasteiger partial charge in [-0.25, -0.2) is 4.57 Å². The van der Waals surface area contributed by atoms with Crippen molar-refractivity contribution in [3.8, 4) is 0 Å². The summed E-state index contributed by atoms with van der Waals surface area (Å²) in [5.74, 6) is -0.0972. The van der Waals surface area contributed by atoms with E-state index in [1.165, 1.54) is 10.9 Å². The molecule has 0 bridgehead atoms. The van der Waals surface area contributed by atoms with Crippen molar-refractivity contribution in [1.82, 2.24) is 4.98 Å². The van der Waals surface area contributed by atoms with Crippen molar-refractivity contribution < 1.29 is 9.36 Å². The maximum atomic E-state index is 12.3. The molecule has 2 heterocycles. The van der Waals surface area contributed by atoms with E-state index in [1.54, 1.807) is 0 Å². The van der Waals surface area contributed by atoms with E-state index in [1.807, 2.05) is 60.9 Å². The standard InChI is InChI=1S/C22H19N3O/c26-22(17-7-2-1-3-8-17)24-19-9-6-13-25(16-19)14-12-18-15-23-21-11-5-4-10-20(18)21/h1-11,13,15-16,23H,12,14H2/p+1. The molecule has 0 saturated carbocycles. The van der Waals surface area contributed by atoms with Crippen LogP contribution in [0.5, 0.6) is 0 Å². The third-order valence-corrected chi connectivity index (χ3v) is 4.47. The van der Waals surface area contributed by atoms with Gasteiger partial charge in [0.25, 0.3) is 5.91 Å². The van der Waals surface area contributed by atoms with E-state index in [9.17, 15) is 4.79 Å². The van der Waals surface area contributed by atoms with Crippen molar-refractivity contribution in [1.29, 1.82) is 0 Å². The zero-order valence-electron chi connectivity index (χ0n) is 14.4. The van der Waals surface area contributed by atoms with Crippen LogP contribution in [0.4, 0.5) is 5.69 Å². The molecule has 2 aromatic heterocycles. The minimum Gasteiger partial charge on any atom is -0.361 e. The number of hydrogen-bond donors (Lipinski definition) is 2. The van der Waals surface area contributed by atoms with Crippen molar-refractivity contribution in [3.63, 3.8) is 0 Å². The third kappa shape index (κ3) is 3.49. The predicted octanol–water partition coefficient (Wildman–Crippen LogP) is 3.95. The number of pyridine rings is 1. The van der Waals surface area contributed by atoms with Crippen LogP contribution in [0.1, 0.15) is 15.9 Å². The van der Waals surface area contributed by atoms with Gasteiger partial charge in [0.1, 0.15) is 5.69 Å². The number of H-pyrrole nitrogens is 1. The Morgan fingerprint density at radius 3 is 2.65 bits per heavy atom. The highest BCUT2D eigenvalue weighted by molar-refractivity contribution is 6.04. The molecule has 26 heavy (non-hydrogen) atoms. The average Bonchev–Trinajstić information content (AvgIpc) is 3.10. The lowest BCUT2D eigenvalue weighted by Gasteiger charge is -2.04. The molecule has 0 aliphatic rings. The SMILES string of the molecule is O=C(Nc1ccc[n+](CCc2c[nH]c3ccccc23)c1)c1ccccc1. The maximum absolute atomic E-state index is 12.3. The molecule has 0 aliphatic carbocycles. The van der Waals surface area contributed by atoms with Crippen molar-refractivity contribution in [2.24, 2.45) is 0 Å². The van der Waals surface area contributed by atoms with E-state index < -0.39 is 0 Å². The first-order valence-electron chi connectivity index (χ1n) is 8.70. The highest BCUT2D eigenvalue weighted by atomic mass is 16.1. The molecule has 128 valence electrons. The molecule has 4 rings (SSSR count). The van der Waals surface area contributed by atoms with Gasteiger partial charge in [-0.2, -0.15) is 0 Å². The number of fused-ring (bicyclic) bond motifs is 1. The van der Waals surface area contributed by atoms with Gasteiger partial charge in [-0.15, -0.1) is 0 Å². The Morgan fingerprint density at radius 1 is 0.962 bits per heavy atom. The number of carbonyl (C=O) groups is 1. The monoisotopic (exact) mass is 342 g/mol. The van der Waals surface area contributed by atoms with Crippen LogP contribution in [0.2, 0.25) is 0 Å². The van der Waals surface area contributed by atoms with E-state index in [4.69, 9.17) is 0 Å². The number of nitrogens with zero attached hydrogens (tertiary/aromatic N) is 1. The number of carbonyl (C=O) groups excluding carboxylic acids is 1. The molecular weight excluding hydrogens is 322 g/mol. The molecule has 2 aromatic carbocycles. The summed E-state index contributed by atoms with van der Waals surface area (Å²) in [7, 11) is 0. The summed E-state index contributed by atoms with van der Waals surface area (Å²) in [6.07, 6.45) is 6.99. The molecule has 1 amide bonds. The van der Waals surface area contributed by atoms with Crippen LogP contribution in [-0.4, -0.2) is 10.9 Å². The molecule has 0 saturated heterocycles. The molecule has 4 nitrogen and oxygen atoms in total. The van der Waals surface area contributed by atoms with Crippen molar-refractivity contribution in [2.45, 2.75) is 13.0 Å². The fourth-order valence-electron chi connectivity index (χ4n) is 3.12. The minimum atomic E-state index is -0.0972. The predicted molar refractivity (Wildman–Crippen MR) is 103 cm³/mol. The van der Waals surface area contributed by atoms with E-state index >= 15 is 0 Å². The summed E-state index contributed by atoms with van der Waals surface area (Å²) in [6.45, 7) is 0.844. The quantitative estimate of drug-likeness (QED) is 0.530. The number of aromatic amines is 1. The van der Waals surface area contributed by atoms with E-state index in [0.29, 0.717) is 5.56 Å². The smallest absolute Gasteiger partial charge is 0.255 e. The summed E-state index contributed by atoms with van der Waals surface area (Å²) in [5, 5.41) is 4.22. The van der Waals surface area contributed by atoms with Crippen molar-refractivity contribution in [3.05, 3.63) is 96.4 Å². The van der Waals surface area contributed by atoms with Gasteiger partial charge < -0.3 is 10.3 Å². The van der Waals surface area contributed by atoms with E-state index in [-0.39, 0.29) is 5.91 Å². The second-order valence-electron chi connectivity index (χ2n) is 6.26. The normalized spacial score (nSPS) is 10.8. The highest BCUT2D eigenvalue weighted by Gasteiger charge is 2.10. The summed E-state index contributed by atoms with van der Waals surface area (Å²) in [6, 6.07) is 21.4. The lowest BCUT2D eigenvalue weighted by atomic mass is 10.1. The number of nitrogens with one attached hydrogen (secondary N) is 2. The van der Waals surface area contributed by atoms with Gasteiger partial charge in [0, 0.05) is 35.2 Å². The Kier molecular flexibility index (Phi) is 4.48. The number of aromatic nitrogens is 2. The van der Waals surface area contributed by atoms with Crippen molar-refractivity contribution in [2.75, 3.05) is 5.32 Å². The maximum Gasteiger partial charge on any atom is 0.255 e. The van der Waals surface area contributed by atoms with Gasteiger partial charge >= 0.3 is 0 Å². The third-order valence-electron chi connectivity index (χ3n) is 4.47. The summed E-state index contributed by atoms with van der Waals surface area (Å²) in [4.78, 5) is 15.6. The molecule has 0 unspecified atom stereocenters. The van der Waals surface area contributed by atoms with Crippen LogP contribution in [0.3, 0.4) is 0 Å². The molecule has 0 radical (unpaired) electrons. The molecule has 0 spiro atoms. The molecule has 0 aliphatic heterocycles. The van der Waals surface area contributed by atoms with Gasteiger partial charge in [-0.3, -0.25) is 4.79 Å². The topological polar surface area (TPSA) is 48.8 Å². The van der Waals surface area contributed by atoms with Gasteiger partial charge in [0.15, 0.2) is 18.9 Å². The minimum absolute atomic E-state index is 0.0972. The van der Waals surface area contributed by atoms with E-state index in [0.717, 1.165) is 24.2 Å². The van der Waals surface area contributed by atoms with Crippen LogP contribution >= 0.6 is 0 Å². The molecule has 4 aromatic rings. The first-order chi connectivity index (χ1) is 12.8. The van der Waals surface area contributed by atoms with Gasteiger partial charge in [0.05, 0.1) is 0 Å². The van der Waals surface area contributed by atoms with E-state index in [2.05, 4.69) is 39.3 Å². The number of aryl methyl sites for hydroxylation is 2. The second-order valence-corrected chi connectivity index (χ2v) is 6.26. The molecular formula is C22H20N3O+. The van der Waals surface area contributed by atoms with Crippen LogP contribution in [0.15, 0.2) is 85.3 Å². The van der Waals surface area contributed by atoms with Crippen LogP contribution in [-0.2, 0) is 13.0 Å². The molecule has 0 atom stereocenters. The molecule has 4 heteroatoms. The number of benzene rings is 2. The number of rotatable bonds is 5. The van der Waals surface area contributed by atoms with Crippen LogP contribution < -0.4 is 9.88 Å². The molecule has 0 fully saturated rings. The number of para-hydroxylation sites is 1. The zero-order valence-corrected chi connectivity index (χ0v) is 14.4. The number of hydrogen-bond acceptors (Lipinski definition) is 1.